The van der Waals surface area contributed by atoms with Crippen LogP contribution < -0.4 is 10.6 Å². The van der Waals surface area contributed by atoms with Gasteiger partial charge in [-0.25, -0.2) is 26.9 Å². The Kier molecular flexibility index (Phi) is 7.51. The zero-order chi connectivity index (χ0) is 31.1. The minimum absolute atomic E-state index is 0.157. The molecule has 45 heavy (non-hydrogen) atoms. The van der Waals surface area contributed by atoms with E-state index in [1.54, 1.807) is 18.2 Å². The number of halogens is 5. The maximum Gasteiger partial charge on any atom is 0.200 e. The standard InChI is InChI=1S/C36H22F5N2OP/c37-29-25(30(38)32(40)33(41)31(29)39)20-43-35(22-12-6-2-7-13-22)34(21-10-4-1-5-11-21)42-36(43)28-24-18-19-44-26(24)16-17-27(28)45-23-14-8-3-9-15-23/h1-19,45H,20H2. The van der Waals surface area contributed by atoms with E-state index in [2.05, 4.69) is 0 Å². The van der Waals surface area contributed by atoms with E-state index >= 15 is 8.78 Å². The first-order chi connectivity index (χ1) is 21.9. The molecule has 0 N–H and O–H groups in total. The molecule has 0 aliphatic heterocycles. The second-order valence-electron chi connectivity index (χ2n) is 10.3. The van der Waals surface area contributed by atoms with Crippen LogP contribution >= 0.6 is 8.58 Å². The van der Waals surface area contributed by atoms with Crippen LogP contribution in [0.2, 0.25) is 0 Å². The Hall–Kier alpha value is -5.07. The topological polar surface area (TPSA) is 31.0 Å². The Morgan fingerprint density at radius 2 is 1.20 bits per heavy atom. The van der Waals surface area contributed by atoms with E-state index in [4.69, 9.17) is 9.40 Å². The Morgan fingerprint density at radius 1 is 0.622 bits per heavy atom. The highest BCUT2D eigenvalue weighted by molar-refractivity contribution is 7.55. The van der Waals surface area contributed by atoms with Crippen LogP contribution in [0.1, 0.15) is 5.56 Å². The van der Waals surface area contributed by atoms with Crippen molar-refractivity contribution in [3.8, 4) is 33.9 Å². The van der Waals surface area contributed by atoms with Crippen molar-refractivity contribution < 1.29 is 26.4 Å². The highest BCUT2D eigenvalue weighted by Crippen LogP contribution is 2.40. The smallest absolute Gasteiger partial charge is 0.200 e. The fourth-order valence-electron chi connectivity index (χ4n) is 5.50. The van der Waals surface area contributed by atoms with Crippen molar-refractivity contribution in [3.63, 3.8) is 0 Å². The fraction of sp³-hybridized carbons (Fsp3) is 0.0278. The molecule has 0 aliphatic rings. The molecule has 9 heteroatoms. The van der Waals surface area contributed by atoms with Gasteiger partial charge in [0.15, 0.2) is 23.3 Å². The van der Waals surface area contributed by atoms with E-state index in [1.165, 1.54) is 10.8 Å². The minimum Gasteiger partial charge on any atom is -0.464 e. The molecular formula is C36H22F5N2OP. The highest BCUT2D eigenvalue weighted by Gasteiger charge is 2.30. The molecule has 0 amide bonds. The van der Waals surface area contributed by atoms with E-state index in [1.807, 2.05) is 91.0 Å². The number of imidazole rings is 1. The molecule has 0 saturated heterocycles. The Bertz CT molecular complexity index is 2130. The third-order valence-electron chi connectivity index (χ3n) is 7.59. The number of rotatable bonds is 7. The summed E-state index contributed by atoms with van der Waals surface area (Å²) >= 11 is 0. The van der Waals surface area contributed by atoms with Gasteiger partial charge in [0, 0.05) is 27.6 Å². The van der Waals surface area contributed by atoms with Crippen LogP contribution in [-0.2, 0) is 6.54 Å². The number of hydrogen-bond donors (Lipinski definition) is 0. The molecule has 0 bridgehead atoms. The maximum absolute atomic E-state index is 15.3. The van der Waals surface area contributed by atoms with Crippen molar-refractivity contribution in [3.05, 3.63) is 150 Å². The summed E-state index contributed by atoms with van der Waals surface area (Å²) in [5.74, 6) is -9.69. The molecule has 0 spiro atoms. The van der Waals surface area contributed by atoms with Crippen molar-refractivity contribution in [2.45, 2.75) is 6.54 Å². The number of hydrogen-bond acceptors (Lipinski definition) is 2. The summed E-state index contributed by atoms with van der Waals surface area (Å²) in [5.41, 5.74) is 2.51. The third kappa shape index (κ3) is 5.11. The lowest BCUT2D eigenvalue weighted by molar-refractivity contribution is 0.368. The van der Waals surface area contributed by atoms with Crippen LogP contribution in [0.5, 0.6) is 0 Å². The molecule has 0 aliphatic carbocycles. The SMILES string of the molecule is Fc1c(F)c(F)c(Cn2c(-c3c(Pc4ccccc4)ccc4occc34)nc(-c3ccccc3)c2-c2ccccc2)c(F)c1F. The van der Waals surface area contributed by atoms with Crippen LogP contribution in [0.25, 0.3) is 44.9 Å². The van der Waals surface area contributed by atoms with Gasteiger partial charge in [0.25, 0.3) is 0 Å². The molecule has 222 valence electrons. The van der Waals surface area contributed by atoms with Crippen LogP contribution in [0.15, 0.2) is 120 Å². The molecule has 0 fully saturated rings. The highest BCUT2D eigenvalue weighted by atomic mass is 31.1. The summed E-state index contributed by atoms with van der Waals surface area (Å²) in [6.07, 6.45) is 1.54. The minimum atomic E-state index is -2.21. The zero-order valence-corrected chi connectivity index (χ0v) is 24.4. The summed E-state index contributed by atoms with van der Waals surface area (Å²) < 4.78 is 80.9. The molecular weight excluding hydrogens is 602 g/mol. The van der Waals surface area contributed by atoms with Gasteiger partial charge in [0.1, 0.15) is 11.4 Å². The van der Waals surface area contributed by atoms with Crippen molar-refractivity contribution in [2.75, 3.05) is 0 Å². The molecule has 0 saturated carbocycles. The fourth-order valence-corrected chi connectivity index (χ4v) is 6.71. The summed E-state index contributed by atoms with van der Waals surface area (Å²) in [6, 6.07) is 33.6. The van der Waals surface area contributed by atoms with Crippen molar-refractivity contribution in [1.29, 1.82) is 0 Å². The molecule has 2 heterocycles. The Balaban J connectivity index is 1.58. The van der Waals surface area contributed by atoms with E-state index in [0.29, 0.717) is 44.9 Å². The lowest BCUT2D eigenvalue weighted by atomic mass is 10.0. The van der Waals surface area contributed by atoms with Crippen LogP contribution in [0, 0.1) is 29.1 Å². The summed E-state index contributed by atoms with van der Waals surface area (Å²) in [5, 5.41) is 2.59. The third-order valence-corrected chi connectivity index (χ3v) is 8.90. The van der Waals surface area contributed by atoms with Crippen LogP contribution in [0.3, 0.4) is 0 Å². The van der Waals surface area contributed by atoms with Crippen LogP contribution in [0.4, 0.5) is 22.0 Å². The first kappa shape index (κ1) is 28.7. The number of furan rings is 1. The van der Waals surface area contributed by atoms with E-state index in [-0.39, 0.29) is 8.58 Å². The second-order valence-corrected chi connectivity index (χ2v) is 11.7. The van der Waals surface area contributed by atoms with E-state index < -0.39 is 41.2 Å². The van der Waals surface area contributed by atoms with Gasteiger partial charge in [-0.1, -0.05) is 99.6 Å². The van der Waals surface area contributed by atoms with Gasteiger partial charge in [-0.3, -0.25) is 0 Å². The van der Waals surface area contributed by atoms with Crippen LogP contribution in [-0.4, -0.2) is 9.55 Å². The summed E-state index contributed by atoms with van der Waals surface area (Å²) in [6.45, 7) is -0.687. The van der Waals surface area contributed by atoms with Gasteiger partial charge in [-0.05, 0) is 28.8 Å². The lowest BCUT2D eigenvalue weighted by Crippen LogP contribution is -2.15. The molecule has 7 rings (SSSR count). The molecule has 0 radical (unpaired) electrons. The Morgan fingerprint density at radius 3 is 1.84 bits per heavy atom. The average Bonchev–Trinajstić information content (AvgIpc) is 3.71. The molecule has 1 unspecified atom stereocenters. The predicted molar refractivity (Wildman–Crippen MR) is 168 cm³/mol. The first-order valence-electron chi connectivity index (χ1n) is 14.0. The monoisotopic (exact) mass is 624 g/mol. The van der Waals surface area contributed by atoms with E-state index in [9.17, 15) is 13.2 Å². The predicted octanol–water partition coefficient (Wildman–Crippen LogP) is 9.00. The zero-order valence-electron chi connectivity index (χ0n) is 23.4. The normalized spacial score (nSPS) is 11.7. The molecule has 7 aromatic rings. The molecule has 5 aromatic carbocycles. The largest absolute Gasteiger partial charge is 0.464 e. The summed E-state index contributed by atoms with van der Waals surface area (Å²) in [7, 11) is 0.157. The first-order valence-corrected chi connectivity index (χ1v) is 15.0. The average molecular weight is 625 g/mol. The van der Waals surface area contributed by atoms with Gasteiger partial charge in [0.2, 0.25) is 5.82 Å². The van der Waals surface area contributed by atoms with Gasteiger partial charge >= 0.3 is 0 Å². The van der Waals surface area contributed by atoms with Gasteiger partial charge in [-0.2, -0.15) is 0 Å². The van der Waals surface area contributed by atoms with Gasteiger partial charge < -0.3 is 8.98 Å². The van der Waals surface area contributed by atoms with Crippen molar-refractivity contribution in [2.24, 2.45) is 0 Å². The number of benzene rings is 5. The number of nitrogens with zero attached hydrogens (tertiary/aromatic N) is 2. The van der Waals surface area contributed by atoms with Gasteiger partial charge in [-0.15, -0.1) is 0 Å². The number of aromatic nitrogens is 2. The molecule has 3 nitrogen and oxygen atoms in total. The molecule has 2 aromatic heterocycles. The quantitative estimate of drug-likeness (QED) is 0.0767. The number of fused-ring (bicyclic) bond motifs is 1. The summed E-state index contributed by atoms with van der Waals surface area (Å²) in [4.78, 5) is 5.10. The van der Waals surface area contributed by atoms with Crippen molar-refractivity contribution in [1.82, 2.24) is 9.55 Å². The molecule has 1 atom stereocenters. The van der Waals surface area contributed by atoms with E-state index in [0.717, 1.165) is 10.6 Å². The van der Waals surface area contributed by atoms with Crippen molar-refractivity contribution >= 4 is 30.2 Å². The Labute approximate surface area is 256 Å². The second kappa shape index (κ2) is 11.8. The lowest BCUT2D eigenvalue weighted by Gasteiger charge is -2.17. The van der Waals surface area contributed by atoms with Gasteiger partial charge in [0.05, 0.1) is 24.2 Å². The maximum atomic E-state index is 15.3.